The summed E-state index contributed by atoms with van der Waals surface area (Å²) in [6.07, 6.45) is -1.54. The van der Waals surface area contributed by atoms with Crippen molar-refractivity contribution in [1.82, 2.24) is 4.90 Å². The highest BCUT2D eigenvalue weighted by Crippen LogP contribution is 2.34. The number of likely N-dealkylation sites (tertiary alicyclic amines) is 1. The summed E-state index contributed by atoms with van der Waals surface area (Å²) in [5, 5.41) is 9.41. The Morgan fingerprint density at radius 3 is 2.70 bits per heavy atom. The first kappa shape index (κ1) is 17.2. The van der Waals surface area contributed by atoms with Crippen LogP contribution in [-0.4, -0.2) is 55.0 Å². The van der Waals surface area contributed by atoms with E-state index < -0.39 is 24.2 Å². The van der Waals surface area contributed by atoms with Gasteiger partial charge < -0.3 is 9.84 Å². The molecule has 118 valence electrons. The normalized spacial score (nSPS) is 24.8. The number of aliphatic carboxylic acids is 1. The zero-order valence-electron chi connectivity index (χ0n) is 11.7. The minimum Gasteiger partial charge on any atom is -0.481 e. The Kier molecular flexibility index (Phi) is 6.26. The maximum absolute atomic E-state index is 11.9. The lowest BCUT2D eigenvalue weighted by molar-refractivity contribution is -0.175. The van der Waals surface area contributed by atoms with E-state index in [0.717, 1.165) is 12.8 Å². The van der Waals surface area contributed by atoms with Gasteiger partial charge in [-0.1, -0.05) is 13.3 Å². The molecule has 1 aliphatic heterocycles. The number of hydrogen-bond acceptors (Lipinski definition) is 3. The lowest BCUT2D eigenvalue weighted by atomic mass is 9.76. The summed E-state index contributed by atoms with van der Waals surface area (Å²) in [5.74, 6) is -0.805. The summed E-state index contributed by atoms with van der Waals surface area (Å²) in [6.45, 7) is 2.12. The summed E-state index contributed by atoms with van der Waals surface area (Å²) in [5.41, 5.74) is -0.753. The lowest BCUT2D eigenvalue weighted by Gasteiger charge is -2.39. The SMILES string of the molecule is CCCC1(C(=O)O)CCCN(CCOCC(F)(F)F)C1. The van der Waals surface area contributed by atoms with Gasteiger partial charge in [0.05, 0.1) is 12.0 Å². The van der Waals surface area contributed by atoms with Crippen molar-refractivity contribution in [2.75, 3.05) is 32.8 Å². The van der Waals surface area contributed by atoms with Crippen molar-refractivity contribution in [3.63, 3.8) is 0 Å². The van der Waals surface area contributed by atoms with Crippen LogP contribution in [-0.2, 0) is 9.53 Å². The van der Waals surface area contributed by atoms with Crippen LogP contribution in [0.1, 0.15) is 32.6 Å². The number of alkyl halides is 3. The number of halogens is 3. The number of hydrogen-bond donors (Lipinski definition) is 1. The molecule has 0 spiro atoms. The molecule has 0 aromatic heterocycles. The van der Waals surface area contributed by atoms with Gasteiger partial charge in [-0.05, 0) is 25.8 Å². The Hall–Kier alpha value is -0.820. The fourth-order valence-corrected chi connectivity index (χ4v) is 2.76. The molecule has 1 aliphatic rings. The van der Waals surface area contributed by atoms with Crippen molar-refractivity contribution < 1.29 is 27.8 Å². The average Bonchev–Trinajstić information content (AvgIpc) is 2.34. The summed E-state index contributed by atoms with van der Waals surface area (Å²) in [7, 11) is 0. The van der Waals surface area contributed by atoms with Crippen LogP contribution in [0.2, 0.25) is 0 Å². The largest absolute Gasteiger partial charge is 0.481 e. The van der Waals surface area contributed by atoms with Crippen molar-refractivity contribution >= 4 is 5.97 Å². The molecule has 0 bridgehead atoms. The second-order valence-corrected chi connectivity index (χ2v) is 5.38. The average molecular weight is 297 g/mol. The second-order valence-electron chi connectivity index (χ2n) is 5.38. The Morgan fingerprint density at radius 1 is 1.45 bits per heavy atom. The number of nitrogens with zero attached hydrogens (tertiary/aromatic N) is 1. The van der Waals surface area contributed by atoms with E-state index in [1.807, 2.05) is 11.8 Å². The lowest BCUT2D eigenvalue weighted by Crippen LogP contribution is -2.48. The number of ether oxygens (including phenoxy) is 1. The zero-order chi connectivity index (χ0) is 15.2. The minimum absolute atomic E-state index is 0.0265. The summed E-state index contributed by atoms with van der Waals surface area (Å²) >= 11 is 0. The van der Waals surface area contributed by atoms with E-state index in [1.54, 1.807) is 0 Å². The highest BCUT2D eigenvalue weighted by molar-refractivity contribution is 5.75. The van der Waals surface area contributed by atoms with Gasteiger partial charge in [-0.25, -0.2) is 0 Å². The van der Waals surface area contributed by atoms with E-state index in [2.05, 4.69) is 4.74 Å². The maximum atomic E-state index is 11.9. The first-order valence-electron chi connectivity index (χ1n) is 6.89. The van der Waals surface area contributed by atoms with Gasteiger partial charge in [0.2, 0.25) is 0 Å². The van der Waals surface area contributed by atoms with Crippen LogP contribution in [0.4, 0.5) is 13.2 Å². The molecule has 1 fully saturated rings. The molecule has 7 heteroatoms. The molecule has 0 radical (unpaired) electrons. The van der Waals surface area contributed by atoms with Gasteiger partial charge in [0.1, 0.15) is 6.61 Å². The monoisotopic (exact) mass is 297 g/mol. The third kappa shape index (κ3) is 5.28. The third-order valence-corrected chi connectivity index (χ3v) is 3.66. The predicted octanol–water partition coefficient (Wildman–Crippen LogP) is 2.53. The van der Waals surface area contributed by atoms with E-state index in [4.69, 9.17) is 0 Å². The van der Waals surface area contributed by atoms with Crippen molar-refractivity contribution in [2.24, 2.45) is 5.41 Å². The van der Waals surface area contributed by atoms with Gasteiger partial charge in [0.15, 0.2) is 0 Å². The van der Waals surface area contributed by atoms with Crippen molar-refractivity contribution in [2.45, 2.75) is 38.8 Å². The molecule has 20 heavy (non-hydrogen) atoms. The van der Waals surface area contributed by atoms with Crippen LogP contribution >= 0.6 is 0 Å². The molecular weight excluding hydrogens is 275 g/mol. The molecule has 0 aliphatic carbocycles. The molecule has 0 amide bonds. The fraction of sp³-hybridized carbons (Fsp3) is 0.923. The first-order valence-corrected chi connectivity index (χ1v) is 6.89. The number of rotatable bonds is 7. The van der Waals surface area contributed by atoms with Gasteiger partial charge in [-0.3, -0.25) is 9.69 Å². The van der Waals surface area contributed by atoms with Crippen LogP contribution in [0.3, 0.4) is 0 Å². The Balaban J connectivity index is 2.42. The Bertz CT molecular complexity index is 318. The molecule has 1 heterocycles. The smallest absolute Gasteiger partial charge is 0.411 e. The van der Waals surface area contributed by atoms with Crippen LogP contribution in [0.25, 0.3) is 0 Å². The first-order chi connectivity index (χ1) is 9.29. The van der Waals surface area contributed by atoms with E-state index in [0.29, 0.717) is 32.5 Å². The van der Waals surface area contributed by atoms with Crippen LogP contribution in [0.15, 0.2) is 0 Å². The fourth-order valence-electron chi connectivity index (χ4n) is 2.76. The van der Waals surface area contributed by atoms with Gasteiger partial charge in [-0.15, -0.1) is 0 Å². The standard InChI is InChI=1S/C13H22F3NO3/c1-2-4-12(11(18)19)5-3-6-17(9-12)7-8-20-10-13(14,15)16/h2-10H2,1H3,(H,18,19). The summed E-state index contributed by atoms with van der Waals surface area (Å²) in [6, 6.07) is 0. The Morgan fingerprint density at radius 2 is 2.15 bits per heavy atom. The van der Waals surface area contributed by atoms with E-state index in [1.165, 1.54) is 0 Å². The molecule has 0 aromatic carbocycles. The zero-order valence-corrected chi connectivity index (χ0v) is 11.7. The van der Waals surface area contributed by atoms with Crippen LogP contribution in [0, 0.1) is 5.41 Å². The molecule has 1 saturated heterocycles. The van der Waals surface area contributed by atoms with Crippen molar-refractivity contribution in [3.05, 3.63) is 0 Å². The minimum atomic E-state index is -4.31. The van der Waals surface area contributed by atoms with Crippen LogP contribution < -0.4 is 0 Å². The number of carbonyl (C=O) groups is 1. The third-order valence-electron chi connectivity index (χ3n) is 3.66. The van der Waals surface area contributed by atoms with Gasteiger partial charge in [0, 0.05) is 13.1 Å². The van der Waals surface area contributed by atoms with Crippen LogP contribution in [0.5, 0.6) is 0 Å². The molecular formula is C13H22F3NO3. The molecule has 0 saturated carbocycles. The van der Waals surface area contributed by atoms with Gasteiger partial charge in [-0.2, -0.15) is 13.2 Å². The highest BCUT2D eigenvalue weighted by Gasteiger charge is 2.41. The summed E-state index contributed by atoms with van der Waals surface area (Å²) in [4.78, 5) is 13.4. The molecule has 0 aromatic rings. The van der Waals surface area contributed by atoms with Gasteiger partial charge in [0.25, 0.3) is 0 Å². The van der Waals surface area contributed by atoms with E-state index >= 15 is 0 Å². The summed E-state index contributed by atoms with van der Waals surface area (Å²) < 4.78 is 40.4. The second kappa shape index (κ2) is 7.26. The van der Waals surface area contributed by atoms with E-state index in [9.17, 15) is 23.1 Å². The number of piperidine rings is 1. The van der Waals surface area contributed by atoms with E-state index in [-0.39, 0.29) is 6.61 Å². The molecule has 1 rings (SSSR count). The highest BCUT2D eigenvalue weighted by atomic mass is 19.4. The number of carboxylic acid groups (broad SMARTS) is 1. The molecule has 1 N–H and O–H groups in total. The molecule has 4 nitrogen and oxygen atoms in total. The van der Waals surface area contributed by atoms with Crippen molar-refractivity contribution in [1.29, 1.82) is 0 Å². The van der Waals surface area contributed by atoms with Crippen molar-refractivity contribution in [3.8, 4) is 0 Å². The molecule has 1 unspecified atom stereocenters. The van der Waals surface area contributed by atoms with Gasteiger partial charge >= 0.3 is 12.1 Å². The Labute approximate surface area is 116 Å². The molecule has 1 atom stereocenters. The maximum Gasteiger partial charge on any atom is 0.411 e. The predicted molar refractivity (Wildman–Crippen MR) is 67.5 cm³/mol. The quantitative estimate of drug-likeness (QED) is 0.734. The topological polar surface area (TPSA) is 49.8 Å². The number of carboxylic acids is 1.